The largest absolute Gasteiger partial charge is 0.441 e. The molecule has 4 nitrogen and oxygen atoms in total. The molecule has 3 aromatic rings. The monoisotopic (exact) mass is 414 g/mol. The number of rotatable bonds is 5. The van der Waals surface area contributed by atoms with Crippen LogP contribution in [0.15, 0.2) is 53.1 Å². The topological polar surface area (TPSA) is 55.1 Å². The maximum atomic E-state index is 12.3. The average molecular weight is 415 g/mol. The van der Waals surface area contributed by atoms with E-state index in [-0.39, 0.29) is 11.9 Å². The van der Waals surface area contributed by atoms with Crippen LogP contribution >= 0.6 is 23.2 Å². The van der Waals surface area contributed by atoms with Crippen molar-refractivity contribution < 1.29 is 9.21 Å². The van der Waals surface area contributed by atoms with Gasteiger partial charge in [0.25, 0.3) is 0 Å². The SMILES string of the molecule is O=C(CCc1ncc(-c2ccc(Cl)cc2Cl)o1)NC1CCc2ccccc2C1. The molecule has 0 saturated carbocycles. The molecule has 0 aliphatic heterocycles. The number of nitrogens with one attached hydrogen (secondary N) is 1. The molecule has 1 atom stereocenters. The zero-order valence-electron chi connectivity index (χ0n) is 15.3. The summed E-state index contributed by atoms with van der Waals surface area (Å²) in [6.07, 6.45) is 5.28. The summed E-state index contributed by atoms with van der Waals surface area (Å²) in [4.78, 5) is 16.6. The number of aryl methyl sites for hydroxylation is 2. The van der Waals surface area contributed by atoms with Gasteiger partial charge >= 0.3 is 0 Å². The number of halogens is 2. The molecule has 1 heterocycles. The van der Waals surface area contributed by atoms with Gasteiger partial charge in [-0.15, -0.1) is 0 Å². The fourth-order valence-electron chi connectivity index (χ4n) is 3.58. The van der Waals surface area contributed by atoms with Crippen molar-refractivity contribution in [1.29, 1.82) is 0 Å². The number of benzene rings is 2. The first-order valence-electron chi connectivity index (χ1n) is 9.35. The van der Waals surface area contributed by atoms with Gasteiger partial charge in [-0.3, -0.25) is 4.79 Å². The Morgan fingerprint density at radius 2 is 2.00 bits per heavy atom. The van der Waals surface area contributed by atoms with Crippen LogP contribution in [0.5, 0.6) is 0 Å². The normalized spacial score (nSPS) is 15.9. The first-order chi connectivity index (χ1) is 13.6. The fourth-order valence-corrected chi connectivity index (χ4v) is 4.08. The number of hydrogen-bond donors (Lipinski definition) is 1. The second-order valence-electron chi connectivity index (χ2n) is 7.02. The second kappa shape index (κ2) is 8.38. The standard InChI is InChI=1S/C22H20Cl2N2O2/c23-16-6-8-18(19(24)12-16)20-13-25-22(28-20)10-9-21(27)26-17-7-5-14-3-1-2-4-15(14)11-17/h1-4,6,8,12-13,17H,5,7,9-11H2,(H,26,27). The molecule has 1 aromatic heterocycles. The minimum absolute atomic E-state index is 0.0219. The molecular formula is C22H20Cl2N2O2. The number of oxazole rings is 1. The lowest BCUT2D eigenvalue weighted by Gasteiger charge is -2.25. The molecule has 28 heavy (non-hydrogen) atoms. The third kappa shape index (κ3) is 4.40. The predicted octanol–water partition coefficient (Wildman–Crippen LogP) is 5.25. The van der Waals surface area contributed by atoms with Gasteiger partial charge in [0, 0.05) is 29.5 Å². The van der Waals surface area contributed by atoms with E-state index < -0.39 is 0 Å². The van der Waals surface area contributed by atoms with Crippen LogP contribution in [0.2, 0.25) is 10.0 Å². The molecule has 1 unspecified atom stereocenters. The smallest absolute Gasteiger partial charge is 0.220 e. The predicted molar refractivity (Wildman–Crippen MR) is 111 cm³/mol. The number of aromatic nitrogens is 1. The van der Waals surface area contributed by atoms with E-state index in [2.05, 4.69) is 34.6 Å². The van der Waals surface area contributed by atoms with Gasteiger partial charge in [-0.25, -0.2) is 4.98 Å². The van der Waals surface area contributed by atoms with Gasteiger partial charge in [-0.2, -0.15) is 0 Å². The highest BCUT2D eigenvalue weighted by Crippen LogP contribution is 2.31. The molecule has 144 valence electrons. The molecule has 1 N–H and O–H groups in total. The summed E-state index contributed by atoms with van der Waals surface area (Å²) in [6, 6.07) is 13.8. The van der Waals surface area contributed by atoms with Gasteiger partial charge in [0.1, 0.15) is 0 Å². The quantitative estimate of drug-likeness (QED) is 0.619. The molecule has 4 rings (SSSR count). The van der Waals surface area contributed by atoms with E-state index in [9.17, 15) is 4.79 Å². The Morgan fingerprint density at radius 1 is 1.18 bits per heavy atom. The van der Waals surface area contributed by atoms with E-state index in [1.807, 2.05) is 0 Å². The lowest BCUT2D eigenvalue weighted by Crippen LogP contribution is -2.38. The van der Waals surface area contributed by atoms with Crippen LogP contribution in [0.1, 0.15) is 29.9 Å². The Morgan fingerprint density at radius 3 is 2.82 bits per heavy atom. The van der Waals surface area contributed by atoms with Crippen LogP contribution in [0.25, 0.3) is 11.3 Å². The Hall–Kier alpha value is -2.30. The lowest BCUT2D eigenvalue weighted by atomic mass is 9.88. The molecule has 6 heteroatoms. The first-order valence-corrected chi connectivity index (χ1v) is 10.1. The van der Waals surface area contributed by atoms with Crippen molar-refractivity contribution in [3.8, 4) is 11.3 Å². The zero-order valence-corrected chi connectivity index (χ0v) is 16.8. The van der Waals surface area contributed by atoms with Crippen molar-refractivity contribution >= 4 is 29.1 Å². The highest BCUT2D eigenvalue weighted by molar-refractivity contribution is 6.36. The van der Waals surface area contributed by atoms with E-state index >= 15 is 0 Å². The van der Waals surface area contributed by atoms with Crippen LogP contribution < -0.4 is 5.32 Å². The van der Waals surface area contributed by atoms with Gasteiger partial charge in [-0.1, -0.05) is 47.5 Å². The van der Waals surface area contributed by atoms with Crippen LogP contribution in [-0.2, 0) is 24.1 Å². The minimum atomic E-state index is 0.0219. The van der Waals surface area contributed by atoms with Crippen LogP contribution in [0.3, 0.4) is 0 Å². The molecule has 0 bridgehead atoms. The third-order valence-electron chi connectivity index (χ3n) is 5.03. The van der Waals surface area contributed by atoms with Crippen molar-refractivity contribution in [2.75, 3.05) is 0 Å². The molecule has 1 amide bonds. The van der Waals surface area contributed by atoms with Crippen LogP contribution in [0.4, 0.5) is 0 Å². The van der Waals surface area contributed by atoms with Gasteiger partial charge in [0.2, 0.25) is 5.91 Å². The lowest BCUT2D eigenvalue weighted by molar-refractivity contribution is -0.121. The van der Waals surface area contributed by atoms with E-state index in [4.69, 9.17) is 27.6 Å². The molecule has 1 aliphatic carbocycles. The number of hydrogen-bond acceptors (Lipinski definition) is 3. The Labute approximate surface area is 173 Å². The summed E-state index contributed by atoms with van der Waals surface area (Å²) in [5.74, 6) is 1.11. The highest BCUT2D eigenvalue weighted by Gasteiger charge is 2.20. The summed E-state index contributed by atoms with van der Waals surface area (Å²) in [6.45, 7) is 0. The van der Waals surface area contributed by atoms with Gasteiger partial charge < -0.3 is 9.73 Å². The number of carbonyl (C=O) groups excluding carboxylic acids is 1. The van der Waals surface area contributed by atoms with E-state index in [1.165, 1.54) is 11.1 Å². The Balaban J connectivity index is 1.31. The summed E-state index contributed by atoms with van der Waals surface area (Å²) in [5, 5.41) is 4.21. The van der Waals surface area contributed by atoms with Crippen LogP contribution in [0, 0.1) is 0 Å². The fraction of sp³-hybridized carbons (Fsp3) is 0.273. The van der Waals surface area contributed by atoms with Crippen molar-refractivity contribution in [2.24, 2.45) is 0 Å². The maximum Gasteiger partial charge on any atom is 0.220 e. The number of nitrogens with zero attached hydrogens (tertiary/aromatic N) is 1. The average Bonchev–Trinajstić information content (AvgIpc) is 3.15. The van der Waals surface area contributed by atoms with E-state index in [1.54, 1.807) is 24.4 Å². The maximum absolute atomic E-state index is 12.3. The van der Waals surface area contributed by atoms with E-state index in [0.717, 1.165) is 24.8 Å². The Kier molecular flexibility index (Phi) is 5.69. The summed E-state index contributed by atoms with van der Waals surface area (Å²) in [7, 11) is 0. The molecule has 1 aliphatic rings. The summed E-state index contributed by atoms with van der Waals surface area (Å²) >= 11 is 12.1. The molecule has 0 spiro atoms. The zero-order chi connectivity index (χ0) is 19.5. The minimum Gasteiger partial charge on any atom is -0.441 e. The number of fused-ring (bicyclic) bond motifs is 1. The molecular weight excluding hydrogens is 395 g/mol. The van der Waals surface area contributed by atoms with Crippen molar-refractivity contribution in [3.63, 3.8) is 0 Å². The molecule has 2 aromatic carbocycles. The van der Waals surface area contributed by atoms with Crippen molar-refractivity contribution in [1.82, 2.24) is 10.3 Å². The summed E-state index contributed by atoms with van der Waals surface area (Å²) in [5.41, 5.74) is 3.45. The molecule has 0 radical (unpaired) electrons. The first kappa shape index (κ1) is 19.0. The third-order valence-corrected chi connectivity index (χ3v) is 5.58. The Bertz CT molecular complexity index is 1000. The highest BCUT2D eigenvalue weighted by atomic mass is 35.5. The second-order valence-corrected chi connectivity index (χ2v) is 7.86. The number of carbonyl (C=O) groups is 1. The molecule has 0 saturated heterocycles. The van der Waals surface area contributed by atoms with Gasteiger partial charge in [0.15, 0.2) is 11.7 Å². The van der Waals surface area contributed by atoms with Crippen LogP contribution in [-0.4, -0.2) is 16.9 Å². The van der Waals surface area contributed by atoms with E-state index in [0.29, 0.717) is 34.5 Å². The van der Waals surface area contributed by atoms with Crippen molar-refractivity contribution in [3.05, 3.63) is 75.7 Å². The molecule has 0 fully saturated rings. The van der Waals surface area contributed by atoms with Gasteiger partial charge in [-0.05, 0) is 48.6 Å². The van der Waals surface area contributed by atoms with Crippen molar-refractivity contribution in [2.45, 2.75) is 38.1 Å². The summed E-state index contributed by atoms with van der Waals surface area (Å²) < 4.78 is 5.76. The van der Waals surface area contributed by atoms with Gasteiger partial charge in [0.05, 0.1) is 11.2 Å². The number of amides is 1.